The zero-order chi connectivity index (χ0) is 24.0. The summed E-state index contributed by atoms with van der Waals surface area (Å²) in [6, 6.07) is 12.9. The van der Waals surface area contributed by atoms with E-state index in [2.05, 4.69) is 61.2 Å². The van der Waals surface area contributed by atoms with E-state index in [4.69, 9.17) is 0 Å². The number of para-hydroxylation sites is 2. The molecule has 0 amide bonds. The number of halogens is 1. The van der Waals surface area contributed by atoms with Crippen molar-refractivity contribution in [2.75, 3.05) is 0 Å². The maximum Gasteiger partial charge on any atom is -1.00 e. The number of phenolic OH excluding ortho intramolecular Hbond substituents is 2. The first-order chi connectivity index (χ1) is 15.5. The van der Waals surface area contributed by atoms with Crippen molar-refractivity contribution in [1.82, 2.24) is 0 Å². The average molecular weight is 529 g/mol. The third-order valence-electron chi connectivity index (χ3n) is 6.72. The van der Waals surface area contributed by atoms with Crippen molar-refractivity contribution in [2.45, 2.75) is 90.1 Å². The molecular weight excluding hydrogens is 491 g/mol. The second-order valence-corrected chi connectivity index (χ2v) is 12.7. The normalized spacial score (nSPS) is 23.4. The minimum Gasteiger partial charge on any atom is -1.00 e. The van der Waals surface area contributed by atoms with Crippen LogP contribution in [0.2, 0.25) is 0 Å². The summed E-state index contributed by atoms with van der Waals surface area (Å²) in [5, 5.41) is 22.0. The van der Waals surface area contributed by atoms with Crippen LogP contribution < -0.4 is 12.4 Å². The Labute approximate surface area is 217 Å². The van der Waals surface area contributed by atoms with Gasteiger partial charge < -0.3 is 12.4 Å². The van der Waals surface area contributed by atoms with Crippen LogP contribution in [0.25, 0.3) is 0 Å². The molecule has 2 atom stereocenters. The van der Waals surface area contributed by atoms with Crippen LogP contribution in [0.15, 0.2) is 36.4 Å². The largest absolute Gasteiger partial charge is 1.00 e. The standard InChI is InChI=1S/C28H38N2O2.ClH.Co/c1-27(2,3)21-13-9-11-19(25(21)31)17-29-23-15-7-8-16-24(23)30-18-20-12-10-14-22(26(20)32)28(4,5)6;;/h9-14,17-18,23-24,31-32H,7-8,15-16H2,1-6H3;1H;/q;;+2/p-1/t23-,24-;;/m1../s1. The molecule has 2 aliphatic rings. The van der Waals surface area contributed by atoms with Gasteiger partial charge in [0.2, 0.25) is 0 Å². The van der Waals surface area contributed by atoms with E-state index in [1.807, 2.05) is 36.4 Å². The predicted octanol–water partition coefficient (Wildman–Crippen LogP) is 2.50. The molecule has 2 aromatic rings. The van der Waals surface area contributed by atoms with Crippen molar-refractivity contribution >= 4 is 12.4 Å². The molecule has 2 N–H and O–H groups in total. The van der Waals surface area contributed by atoms with Crippen LogP contribution in [0, 0.1) is 0 Å². The molecule has 4 rings (SSSR count). The molecule has 1 heterocycles. The maximum atomic E-state index is 11.0. The van der Waals surface area contributed by atoms with Gasteiger partial charge in [-0.25, -0.2) is 0 Å². The molecule has 0 unspecified atom stereocenters. The Morgan fingerprint density at radius 1 is 0.735 bits per heavy atom. The first-order valence-electron chi connectivity index (χ1n) is 12.0. The second-order valence-electron chi connectivity index (χ2n) is 11.4. The molecule has 0 aromatic heterocycles. The van der Waals surface area contributed by atoms with Gasteiger partial charge in [0.05, 0.1) is 0 Å². The number of hydrogen-bond donors (Lipinski definition) is 2. The third kappa shape index (κ3) is 5.37. The number of aromatic hydroxyl groups is 2. The monoisotopic (exact) mass is 528 g/mol. The van der Waals surface area contributed by atoms with Crippen LogP contribution in [0.3, 0.4) is 0 Å². The van der Waals surface area contributed by atoms with Crippen molar-refractivity contribution in [3.8, 4) is 11.5 Å². The number of nitrogens with zero attached hydrogens (tertiary/aromatic N) is 2. The van der Waals surface area contributed by atoms with Crippen LogP contribution in [-0.4, -0.2) is 42.0 Å². The van der Waals surface area contributed by atoms with Gasteiger partial charge >= 0.3 is 205 Å². The molecule has 1 aliphatic heterocycles. The Morgan fingerprint density at radius 2 is 1.12 bits per heavy atom. The molecule has 1 aliphatic carbocycles. The van der Waals surface area contributed by atoms with Crippen LogP contribution in [-0.2, 0) is 26.0 Å². The van der Waals surface area contributed by atoms with Crippen molar-refractivity contribution in [2.24, 2.45) is 0 Å². The molecule has 2 aromatic carbocycles. The van der Waals surface area contributed by atoms with E-state index < -0.39 is 0 Å². The summed E-state index contributed by atoms with van der Waals surface area (Å²) in [5.41, 5.74) is 3.46. The zero-order valence-corrected chi connectivity index (χ0v) is 22.9. The molecular formula is C28H38ClCoN2O2+. The van der Waals surface area contributed by atoms with Gasteiger partial charge in [0, 0.05) is 0 Å². The van der Waals surface area contributed by atoms with Crippen LogP contribution in [0.5, 0.6) is 11.5 Å². The van der Waals surface area contributed by atoms with Gasteiger partial charge in [-0.2, -0.15) is 0 Å². The Hall–Kier alpha value is -1.82. The van der Waals surface area contributed by atoms with Gasteiger partial charge in [0.15, 0.2) is 0 Å². The zero-order valence-electron chi connectivity index (χ0n) is 21.1. The average Bonchev–Trinajstić information content (AvgIpc) is 3.07. The Bertz CT molecular complexity index is 1020. The van der Waals surface area contributed by atoms with Crippen molar-refractivity contribution < 1.29 is 45.0 Å². The predicted molar refractivity (Wildman–Crippen MR) is 131 cm³/mol. The maximum absolute atomic E-state index is 11.0. The Kier molecular flexibility index (Phi) is 7.91. The van der Waals surface area contributed by atoms with Gasteiger partial charge in [-0.3, -0.25) is 0 Å². The SMILES string of the molecule is CC(C)(C)c1cccc(C=[N+]2[Co][N+](=Cc3cccc(C(C)(C)C)c3O)[C@@H]3CCCC[C@H]32)c1O.[Cl-]. The molecule has 6 heteroatoms. The van der Waals surface area contributed by atoms with Crippen molar-refractivity contribution in [3.05, 3.63) is 58.7 Å². The van der Waals surface area contributed by atoms with E-state index in [1.165, 1.54) is 12.8 Å². The third-order valence-corrected chi connectivity index (χ3v) is 8.16. The van der Waals surface area contributed by atoms with E-state index in [0.29, 0.717) is 23.6 Å². The van der Waals surface area contributed by atoms with Crippen LogP contribution in [0.4, 0.5) is 0 Å². The molecule has 0 spiro atoms. The quantitative estimate of drug-likeness (QED) is 0.629. The molecule has 1 saturated heterocycles. The van der Waals surface area contributed by atoms with E-state index in [9.17, 15) is 10.2 Å². The Balaban J connectivity index is 0.00000324. The van der Waals surface area contributed by atoms with Gasteiger partial charge in [-0.1, -0.05) is 0 Å². The van der Waals surface area contributed by atoms with E-state index in [-0.39, 0.29) is 23.2 Å². The van der Waals surface area contributed by atoms with Gasteiger partial charge in [-0.05, 0) is 0 Å². The molecule has 34 heavy (non-hydrogen) atoms. The smallest absolute Gasteiger partial charge is 1.00 e. The van der Waals surface area contributed by atoms with Crippen molar-refractivity contribution in [3.63, 3.8) is 0 Å². The molecule has 2 fully saturated rings. The van der Waals surface area contributed by atoms with E-state index in [1.54, 1.807) is 0 Å². The molecule has 0 bridgehead atoms. The first kappa shape index (κ1) is 26.8. The number of hydrogen-bond acceptors (Lipinski definition) is 2. The molecule has 0 radical (unpaired) electrons. The molecule has 4 nitrogen and oxygen atoms in total. The summed E-state index contributed by atoms with van der Waals surface area (Å²) in [4.78, 5) is 0. The fraction of sp³-hybridized carbons (Fsp3) is 0.500. The van der Waals surface area contributed by atoms with Crippen LogP contribution >= 0.6 is 0 Å². The van der Waals surface area contributed by atoms with Gasteiger partial charge in [-0.15, -0.1) is 0 Å². The molecule has 187 valence electrons. The van der Waals surface area contributed by atoms with Crippen LogP contribution in [0.1, 0.15) is 89.5 Å². The molecule has 1 saturated carbocycles. The minimum absolute atomic E-state index is 0. The summed E-state index contributed by atoms with van der Waals surface area (Å²) >= 11 is 1.10. The Morgan fingerprint density at radius 3 is 1.47 bits per heavy atom. The van der Waals surface area contributed by atoms with E-state index in [0.717, 1.165) is 50.2 Å². The van der Waals surface area contributed by atoms with Gasteiger partial charge in [0.1, 0.15) is 0 Å². The van der Waals surface area contributed by atoms with Gasteiger partial charge in [0.25, 0.3) is 0 Å². The summed E-state index contributed by atoms with van der Waals surface area (Å²) < 4.78 is 4.73. The number of fused-ring (bicyclic) bond motifs is 1. The summed E-state index contributed by atoms with van der Waals surface area (Å²) in [7, 11) is 0. The van der Waals surface area contributed by atoms with Crippen molar-refractivity contribution in [1.29, 1.82) is 0 Å². The van der Waals surface area contributed by atoms with E-state index >= 15 is 0 Å². The number of benzene rings is 2. The summed E-state index contributed by atoms with van der Waals surface area (Å²) in [5.74, 6) is 0.759. The topological polar surface area (TPSA) is 46.5 Å². The summed E-state index contributed by atoms with van der Waals surface area (Å²) in [6.07, 6.45) is 9.01. The first-order valence-corrected chi connectivity index (χ1v) is 12.9. The number of rotatable bonds is 2. The number of phenols is 2. The fourth-order valence-electron chi connectivity index (χ4n) is 4.85. The summed E-state index contributed by atoms with van der Waals surface area (Å²) in [6.45, 7) is 12.8. The second kappa shape index (κ2) is 10.0. The minimum atomic E-state index is -0.112. The fourth-order valence-corrected chi connectivity index (χ4v) is 6.48.